The van der Waals surface area contributed by atoms with Crippen molar-refractivity contribution in [3.8, 4) is 5.75 Å². The van der Waals surface area contributed by atoms with E-state index in [1.807, 2.05) is 4.90 Å². The molecule has 3 N–H and O–H groups in total. The van der Waals surface area contributed by atoms with Crippen LogP contribution in [0.25, 0.3) is 0 Å². The fraction of sp³-hybridized carbons (Fsp3) is 0.400. The van der Waals surface area contributed by atoms with Crippen LogP contribution in [0.1, 0.15) is 5.56 Å². The van der Waals surface area contributed by atoms with Crippen molar-refractivity contribution in [2.24, 2.45) is 0 Å². The molecule has 1 saturated heterocycles. The molecule has 184 valence electrons. The standard InChI is InChI=1S/C20H23N2O11P.2Na/c23-17-16(10-31-34(28,29)30)33-20(19(25)18(17)24)32-14-3-1-2-12(9-14)21-7-6-11-8-13(22(26)27)4-5-15(11)21;;/h1-5,8-9,16-20,23-25H,6-7,10H2,(H2,28,29,30);;/q;2*+1/p-2/t16-,17-,18+,19+,20+;;/m1../s1. The molecule has 2 aliphatic rings. The number of benzene rings is 2. The van der Waals surface area contributed by atoms with Crippen molar-refractivity contribution in [2.45, 2.75) is 37.1 Å². The van der Waals surface area contributed by atoms with E-state index in [0.29, 0.717) is 18.7 Å². The van der Waals surface area contributed by atoms with Crippen molar-refractivity contribution in [3.63, 3.8) is 0 Å². The molecule has 0 bridgehead atoms. The van der Waals surface area contributed by atoms with Crippen molar-refractivity contribution >= 4 is 24.9 Å². The second-order valence-electron chi connectivity index (χ2n) is 7.84. The summed E-state index contributed by atoms with van der Waals surface area (Å²) in [6.07, 6.45) is -7.53. The van der Waals surface area contributed by atoms with E-state index in [0.717, 1.165) is 11.3 Å². The monoisotopic (exact) mass is 542 g/mol. The zero-order valence-corrected chi connectivity index (χ0v) is 24.4. The van der Waals surface area contributed by atoms with Gasteiger partial charge in [-0.3, -0.25) is 10.1 Å². The third kappa shape index (κ3) is 7.28. The van der Waals surface area contributed by atoms with Gasteiger partial charge in [0.1, 0.15) is 30.2 Å². The predicted molar refractivity (Wildman–Crippen MR) is 111 cm³/mol. The number of anilines is 2. The topological polar surface area (TPSA) is 198 Å². The zero-order valence-electron chi connectivity index (χ0n) is 19.5. The number of aliphatic hydroxyl groups excluding tert-OH is 3. The van der Waals surface area contributed by atoms with E-state index in [9.17, 15) is 39.8 Å². The number of hydrogen-bond acceptors (Lipinski definition) is 12. The van der Waals surface area contributed by atoms with Crippen molar-refractivity contribution in [2.75, 3.05) is 18.1 Å². The summed E-state index contributed by atoms with van der Waals surface area (Å²) in [4.78, 5) is 34.0. The quantitative estimate of drug-likeness (QED) is 0.130. The van der Waals surface area contributed by atoms with E-state index < -0.39 is 50.1 Å². The van der Waals surface area contributed by atoms with Crippen LogP contribution < -0.4 is 78.5 Å². The number of rotatable bonds is 7. The second-order valence-corrected chi connectivity index (χ2v) is 9.00. The maximum atomic E-state index is 11.0. The fourth-order valence-corrected chi connectivity index (χ4v) is 4.27. The van der Waals surface area contributed by atoms with Gasteiger partial charge in [-0.15, -0.1) is 0 Å². The minimum absolute atomic E-state index is 0. The number of ether oxygens (including phenoxy) is 2. The van der Waals surface area contributed by atoms with Gasteiger partial charge < -0.3 is 48.6 Å². The molecule has 1 fully saturated rings. The molecule has 0 aliphatic carbocycles. The molecule has 0 aromatic heterocycles. The van der Waals surface area contributed by atoms with E-state index in [1.165, 1.54) is 12.1 Å². The SMILES string of the molecule is O=[N+]([O-])c1ccc2c(c1)CCN2c1cccc(O[C@H]2O[C@H](COP(=O)([O-])[O-])[C@@H](O)[C@H](O)[C@@H]2O)c1.[Na+].[Na+]. The molecule has 16 heteroatoms. The molecular weight excluding hydrogens is 521 g/mol. The first-order valence-corrected chi connectivity index (χ1v) is 11.7. The first-order valence-electron chi connectivity index (χ1n) is 10.2. The molecule has 2 aromatic carbocycles. The van der Waals surface area contributed by atoms with Crippen LogP contribution in [0.5, 0.6) is 5.75 Å². The van der Waals surface area contributed by atoms with Gasteiger partial charge in [-0.1, -0.05) is 6.07 Å². The molecule has 2 aliphatic heterocycles. The van der Waals surface area contributed by atoms with Crippen LogP contribution in [0.4, 0.5) is 17.1 Å². The number of non-ortho nitro benzene ring substituents is 1. The van der Waals surface area contributed by atoms with Gasteiger partial charge in [-0.05, 0) is 30.2 Å². The maximum absolute atomic E-state index is 11.0. The van der Waals surface area contributed by atoms with E-state index in [2.05, 4.69) is 4.52 Å². The van der Waals surface area contributed by atoms with Gasteiger partial charge in [0, 0.05) is 36.1 Å². The molecule has 2 aromatic rings. The summed E-state index contributed by atoms with van der Waals surface area (Å²) >= 11 is 0. The summed E-state index contributed by atoms with van der Waals surface area (Å²) in [5.41, 5.74) is 2.31. The van der Waals surface area contributed by atoms with Crippen LogP contribution >= 0.6 is 7.82 Å². The zero-order chi connectivity index (χ0) is 24.6. The maximum Gasteiger partial charge on any atom is 1.00 e. The fourth-order valence-electron chi connectivity index (χ4n) is 3.95. The molecule has 0 spiro atoms. The summed E-state index contributed by atoms with van der Waals surface area (Å²) in [5, 5.41) is 41.4. The third-order valence-electron chi connectivity index (χ3n) is 5.62. The van der Waals surface area contributed by atoms with E-state index in [-0.39, 0.29) is 70.6 Å². The number of nitro benzene ring substituents is 1. The first kappa shape index (κ1) is 31.6. The Kier molecular flexibility index (Phi) is 11.4. The van der Waals surface area contributed by atoms with Crippen molar-refractivity contribution in [1.29, 1.82) is 0 Å². The van der Waals surface area contributed by atoms with Gasteiger partial charge in [0.25, 0.3) is 5.69 Å². The summed E-state index contributed by atoms with van der Waals surface area (Å²) in [7, 11) is -5.35. The molecule has 2 heterocycles. The molecule has 13 nitrogen and oxygen atoms in total. The van der Waals surface area contributed by atoms with Gasteiger partial charge in [0.15, 0.2) is 0 Å². The Morgan fingerprint density at radius 2 is 1.81 bits per heavy atom. The molecule has 0 amide bonds. The molecule has 0 unspecified atom stereocenters. The van der Waals surface area contributed by atoms with E-state index in [4.69, 9.17) is 9.47 Å². The van der Waals surface area contributed by atoms with Gasteiger partial charge in [0.05, 0.1) is 19.4 Å². The minimum Gasteiger partial charge on any atom is -0.790 e. The predicted octanol–water partition coefficient (Wildman–Crippen LogP) is -6.67. The van der Waals surface area contributed by atoms with Crippen LogP contribution in [-0.2, 0) is 20.2 Å². The average Bonchev–Trinajstić information content (AvgIpc) is 3.21. The number of hydrogen-bond donors (Lipinski definition) is 3. The number of phosphoric ester groups is 1. The minimum atomic E-state index is -5.35. The van der Waals surface area contributed by atoms with Crippen LogP contribution in [0.2, 0.25) is 0 Å². The summed E-state index contributed by atoms with van der Waals surface area (Å²) in [6.45, 7) is -0.302. The van der Waals surface area contributed by atoms with Crippen LogP contribution in [0.3, 0.4) is 0 Å². The smallest absolute Gasteiger partial charge is 0.790 e. The Balaban J connectivity index is 0.00000228. The molecule has 4 rings (SSSR count). The first-order chi connectivity index (χ1) is 16.0. The summed E-state index contributed by atoms with van der Waals surface area (Å²) in [5.74, 6) is 0.221. The van der Waals surface area contributed by atoms with E-state index >= 15 is 0 Å². The summed E-state index contributed by atoms with van der Waals surface area (Å²) < 4.78 is 25.9. The van der Waals surface area contributed by atoms with Gasteiger partial charge in [-0.2, -0.15) is 0 Å². The molecule has 0 saturated carbocycles. The number of nitrogens with zero attached hydrogens (tertiary/aromatic N) is 2. The van der Waals surface area contributed by atoms with Crippen molar-refractivity contribution in [1.82, 2.24) is 0 Å². The third-order valence-corrected chi connectivity index (χ3v) is 6.08. The molecule has 36 heavy (non-hydrogen) atoms. The molecule has 0 radical (unpaired) electrons. The average molecular weight is 542 g/mol. The van der Waals surface area contributed by atoms with Crippen molar-refractivity contribution in [3.05, 3.63) is 58.1 Å². The van der Waals surface area contributed by atoms with Gasteiger partial charge in [0.2, 0.25) is 6.29 Å². The van der Waals surface area contributed by atoms with Crippen LogP contribution in [0, 0.1) is 10.1 Å². The van der Waals surface area contributed by atoms with Gasteiger partial charge in [-0.25, -0.2) is 0 Å². The molecule has 5 atom stereocenters. The molecular formula is C20H21N2Na2O11P. The Morgan fingerprint density at radius 3 is 2.47 bits per heavy atom. The Labute approximate surface area is 249 Å². The number of fused-ring (bicyclic) bond motifs is 1. The van der Waals surface area contributed by atoms with Crippen LogP contribution in [-0.4, -0.2) is 64.1 Å². The summed E-state index contributed by atoms with van der Waals surface area (Å²) in [6, 6.07) is 11.2. The largest absolute Gasteiger partial charge is 1.00 e. The Bertz CT molecular complexity index is 1120. The van der Waals surface area contributed by atoms with Crippen molar-refractivity contribution < 1.29 is 108 Å². The van der Waals surface area contributed by atoms with Crippen LogP contribution in [0.15, 0.2) is 42.5 Å². The Hall–Kier alpha value is -0.610. The second kappa shape index (κ2) is 13.0. The number of nitro groups is 1. The number of phosphoric acid groups is 1. The van der Waals surface area contributed by atoms with Gasteiger partial charge >= 0.3 is 59.1 Å². The normalized spacial score (nSPS) is 25.4. The van der Waals surface area contributed by atoms with E-state index in [1.54, 1.807) is 30.3 Å². The Morgan fingerprint density at radius 1 is 1.08 bits per heavy atom. The number of aliphatic hydroxyl groups is 3.